The molecule has 0 aliphatic carbocycles. The van der Waals surface area contributed by atoms with E-state index in [0.29, 0.717) is 54.7 Å². The average Bonchev–Trinajstić information content (AvgIpc) is 3.05. The number of anilines is 6. The Balaban J connectivity index is 1.45. The normalized spacial score (nSPS) is 15.1. The minimum Gasteiger partial charge on any atom is -0.497 e. The third kappa shape index (κ3) is 5.97. The van der Waals surface area contributed by atoms with Crippen LogP contribution in [0.2, 0.25) is 0 Å². The van der Waals surface area contributed by atoms with Gasteiger partial charge in [0.15, 0.2) is 5.82 Å². The Morgan fingerprint density at radius 3 is 2.37 bits per heavy atom. The molecule has 0 atom stereocenters. The largest absolute Gasteiger partial charge is 0.497 e. The molecule has 0 spiro atoms. The summed E-state index contributed by atoms with van der Waals surface area (Å²) in [4.78, 5) is 28.5. The van der Waals surface area contributed by atoms with Gasteiger partial charge in [-0.3, -0.25) is 4.90 Å². The number of aromatic nitrogens is 2. The number of halogens is 3. The molecule has 4 aromatic rings. The number of carbonyl (C=O) groups is 1. The number of aryl methyl sites for hydroxylation is 2. The third-order valence-electron chi connectivity index (χ3n) is 8.02. The summed E-state index contributed by atoms with van der Waals surface area (Å²) in [6, 6.07) is 14.3. The van der Waals surface area contributed by atoms with Crippen LogP contribution in [0.25, 0.3) is 0 Å². The van der Waals surface area contributed by atoms with Gasteiger partial charge in [-0.2, -0.15) is 18.2 Å². The van der Waals surface area contributed by atoms with Crippen LogP contribution in [0, 0.1) is 13.8 Å². The predicted molar refractivity (Wildman–Crippen MR) is 169 cm³/mol. The smallest absolute Gasteiger partial charge is 0.416 e. The van der Waals surface area contributed by atoms with Crippen molar-refractivity contribution in [2.45, 2.75) is 26.6 Å². The molecule has 0 radical (unpaired) electrons. The number of amides is 2. The highest BCUT2D eigenvalue weighted by Crippen LogP contribution is 2.43. The first-order valence-corrected chi connectivity index (χ1v) is 14.6. The van der Waals surface area contributed by atoms with Crippen molar-refractivity contribution in [3.05, 3.63) is 83.0 Å². The molecule has 1 fully saturated rings. The molecule has 0 saturated carbocycles. The molecule has 240 valence electrons. The number of alkyl halides is 3. The van der Waals surface area contributed by atoms with E-state index in [1.54, 1.807) is 35.4 Å². The highest BCUT2D eigenvalue weighted by atomic mass is 19.4. The van der Waals surface area contributed by atoms with Crippen molar-refractivity contribution in [1.29, 1.82) is 0 Å². The predicted octanol–water partition coefficient (Wildman–Crippen LogP) is 6.99. The Hall–Kier alpha value is -5.04. The van der Waals surface area contributed by atoms with Gasteiger partial charge in [0.1, 0.15) is 11.5 Å². The summed E-state index contributed by atoms with van der Waals surface area (Å²) in [5.41, 5.74) is 3.38. The molecule has 13 heteroatoms. The van der Waals surface area contributed by atoms with Crippen LogP contribution in [-0.4, -0.2) is 56.5 Å². The number of urea groups is 1. The summed E-state index contributed by atoms with van der Waals surface area (Å²) in [5.74, 6) is 1.19. The van der Waals surface area contributed by atoms with Gasteiger partial charge in [0.05, 0.1) is 50.9 Å². The van der Waals surface area contributed by atoms with Gasteiger partial charge >= 0.3 is 12.2 Å². The Kier molecular flexibility index (Phi) is 8.34. The van der Waals surface area contributed by atoms with E-state index in [9.17, 15) is 18.0 Å². The van der Waals surface area contributed by atoms with Gasteiger partial charge in [0.25, 0.3) is 0 Å². The van der Waals surface area contributed by atoms with Crippen molar-refractivity contribution in [3.63, 3.8) is 0 Å². The molecule has 1 aromatic heterocycles. The molecule has 1 saturated heterocycles. The first-order valence-electron chi connectivity index (χ1n) is 14.6. The Morgan fingerprint density at radius 2 is 1.70 bits per heavy atom. The monoisotopic (exact) mass is 634 g/mol. The minimum atomic E-state index is -4.57. The summed E-state index contributed by atoms with van der Waals surface area (Å²) >= 11 is 0. The lowest BCUT2D eigenvalue weighted by Gasteiger charge is -2.37. The molecule has 2 aliphatic rings. The maximum Gasteiger partial charge on any atom is 0.416 e. The van der Waals surface area contributed by atoms with Crippen LogP contribution in [0.1, 0.15) is 22.3 Å². The van der Waals surface area contributed by atoms with E-state index in [-0.39, 0.29) is 30.0 Å². The van der Waals surface area contributed by atoms with Crippen molar-refractivity contribution in [2.75, 3.05) is 60.5 Å². The van der Waals surface area contributed by atoms with Crippen molar-refractivity contribution in [1.82, 2.24) is 9.97 Å². The van der Waals surface area contributed by atoms with Crippen molar-refractivity contribution >= 4 is 40.5 Å². The first-order chi connectivity index (χ1) is 22.1. The second-order valence-electron chi connectivity index (χ2n) is 11.0. The van der Waals surface area contributed by atoms with Gasteiger partial charge < -0.3 is 24.4 Å². The summed E-state index contributed by atoms with van der Waals surface area (Å²) in [7, 11) is 3.02. The van der Waals surface area contributed by atoms with Gasteiger partial charge in [-0.1, -0.05) is 18.2 Å². The number of fused-ring (bicyclic) bond motifs is 1. The molecule has 3 aromatic carbocycles. The van der Waals surface area contributed by atoms with Gasteiger partial charge in [0, 0.05) is 42.3 Å². The minimum absolute atomic E-state index is 0.0248. The van der Waals surface area contributed by atoms with Crippen LogP contribution < -0.4 is 29.5 Å². The number of nitrogens with one attached hydrogen (secondary N) is 1. The van der Waals surface area contributed by atoms with Gasteiger partial charge in [-0.25, -0.2) is 14.7 Å². The van der Waals surface area contributed by atoms with E-state index in [1.165, 1.54) is 19.1 Å². The molecule has 0 unspecified atom stereocenters. The van der Waals surface area contributed by atoms with Crippen LogP contribution in [0.4, 0.5) is 52.5 Å². The molecule has 6 rings (SSSR count). The summed E-state index contributed by atoms with van der Waals surface area (Å²) in [6.07, 6.45) is -2.99. The Bertz CT molecular complexity index is 1760. The van der Waals surface area contributed by atoms with Crippen LogP contribution in [0.15, 0.2) is 60.8 Å². The molecular weight excluding hydrogens is 601 g/mol. The summed E-state index contributed by atoms with van der Waals surface area (Å²) < 4.78 is 58.3. The zero-order chi connectivity index (χ0) is 32.6. The number of para-hydroxylation sites is 1. The van der Waals surface area contributed by atoms with E-state index < -0.39 is 11.7 Å². The number of carbonyl (C=O) groups excluding carboxylic acids is 1. The second-order valence-corrected chi connectivity index (χ2v) is 11.0. The lowest BCUT2D eigenvalue weighted by molar-refractivity contribution is -0.137. The lowest BCUT2D eigenvalue weighted by atomic mass is 10.1. The third-order valence-corrected chi connectivity index (χ3v) is 8.02. The number of hydrogen-bond acceptors (Lipinski definition) is 8. The number of morpholine rings is 1. The molecule has 2 aliphatic heterocycles. The molecular formula is C33H33F3N6O4. The van der Waals surface area contributed by atoms with Crippen molar-refractivity contribution in [3.8, 4) is 11.5 Å². The van der Waals surface area contributed by atoms with E-state index in [4.69, 9.17) is 19.2 Å². The maximum atomic E-state index is 14.4. The molecule has 2 amide bonds. The lowest BCUT2D eigenvalue weighted by Crippen LogP contribution is -2.46. The van der Waals surface area contributed by atoms with Gasteiger partial charge in [-0.05, 0) is 55.3 Å². The van der Waals surface area contributed by atoms with Crippen molar-refractivity contribution < 1.29 is 32.2 Å². The summed E-state index contributed by atoms with van der Waals surface area (Å²) in [5, 5.41) is 2.96. The second kappa shape index (κ2) is 12.4. The number of rotatable bonds is 7. The fourth-order valence-corrected chi connectivity index (χ4v) is 5.79. The quantitative estimate of drug-likeness (QED) is 0.233. The Morgan fingerprint density at radius 1 is 0.957 bits per heavy atom. The molecule has 10 nitrogen and oxygen atoms in total. The number of hydrogen-bond donors (Lipinski definition) is 1. The zero-order valence-corrected chi connectivity index (χ0v) is 25.8. The number of methoxy groups -OCH3 is 2. The average molecular weight is 635 g/mol. The highest BCUT2D eigenvalue weighted by Gasteiger charge is 2.37. The van der Waals surface area contributed by atoms with Crippen molar-refractivity contribution in [2.24, 2.45) is 0 Å². The van der Waals surface area contributed by atoms with E-state index in [1.807, 2.05) is 36.9 Å². The van der Waals surface area contributed by atoms with Crippen LogP contribution in [-0.2, 0) is 17.5 Å². The number of ether oxygens (including phenoxy) is 3. The molecule has 0 bridgehead atoms. The van der Waals surface area contributed by atoms with Crippen LogP contribution >= 0.6 is 0 Å². The van der Waals surface area contributed by atoms with E-state index in [2.05, 4.69) is 10.3 Å². The van der Waals surface area contributed by atoms with E-state index in [0.717, 1.165) is 28.9 Å². The number of nitrogens with zero attached hydrogens (tertiary/aromatic N) is 5. The van der Waals surface area contributed by atoms with Gasteiger partial charge in [-0.15, -0.1) is 0 Å². The summed E-state index contributed by atoms with van der Waals surface area (Å²) in [6.45, 7) is 5.83. The zero-order valence-electron chi connectivity index (χ0n) is 25.8. The Labute approximate surface area is 264 Å². The highest BCUT2D eigenvalue weighted by molar-refractivity contribution is 6.11. The van der Waals surface area contributed by atoms with Gasteiger partial charge in [0.2, 0.25) is 5.95 Å². The molecule has 46 heavy (non-hydrogen) atoms. The fourth-order valence-electron chi connectivity index (χ4n) is 5.79. The standard InChI is InChI=1S/C33H33F3N6O4/c1-20-6-5-7-21(2)29(20)41-19-22-18-37-31(39-30(22)42(32(41)43)27-9-8-26(44-3)17-28(27)45-4)38-24-14-23(33(34,35)36)15-25(16-24)40-10-12-46-13-11-40/h5-9,14-18H,10-13,19H2,1-4H3,(H,37,38,39). The fraction of sp³-hybridized carbons (Fsp3) is 0.303. The first kappa shape index (κ1) is 31.0. The molecule has 1 N–H and O–H groups in total. The topological polar surface area (TPSA) is 92.3 Å². The molecule has 3 heterocycles. The maximum absolute atomic E-state index is 14.4. The van der Waals surface area contributed by atoms with Crippen LogP contribution in [0.5, 0.6) is 11.5 Å². The SMILES string of the molecule is COc1ccc(N2C(=O)N(c3c(C)cccc3C)Cc3cnc(Nc4cc(N5CCOCC5)cc(C(F)(F)F)c4)nc32)c(OC)c1. The van der Waals surface area contributed by atoms with Crippen LogP contribution in [0.3, 0.4) is 0 Å². The number of benzene rings is 3. The van der Waals surface area contributed by atoms with E-state index >= 15 is 0 Å².